The molecule has 1 unspecified atom stereocenters. The largest absolute Gasteiger partial charge is 0.423 e. The van der Waals surface area contributed by atoms with E-state index >= 15 is 0 Å². The van der Waals surface area contributed by atoms with E-state index in [1.165, 1.54) is 24.3 Å². The molecule has 2 N–H and O–H groups in total. The molecule has 2 nitrogen and oxygen atoms in total. The summed E-state index contributed by atoms with van der Waals surface area (Å²) in [4.78, 5) is 0. The van der Waals surface area contributed by atoms with Crippen LogP contribution in [0.5, 0.6) is 0 Å². The van der Waals surface area contributed by atoms with Crippen molar-refractivity contribution in [3.63, 3.8) is 0 Å². The standard InChI is InChI=1S/C12H14F3NO/c13-12(14,15)11(17,10-7-4-8-16-10)9-5-2-1-3-6-9/h1-3,5-6,10,16-17H,4,7-8H2/t10-,11?/m0/s1. The van der Waals surface area contributed by atoms with Gasteiger partial charge in [-0.15, -0.1) is 0 Å². The molecule has 17 heavy (non-hydrogen) atoms. The van der Waals surface area contributed by atoms with Crippen molar-refractivity contribution < 1.29 is 18.3 Å². The van der Waals surface area contributed by atoms with Gasteiger partial charge in [0, 0.05) is 6.04 Å². The summed E-state index contributed by atoms with van der Waals surface area (Å²) in [7, 11) is 0. The normalized spacial score (nSPS) is 24.6. The van der Waals surface area contributed by atoms with Gasteiger partial charge < -0.3 is 10.4 Å². The summed E-state index contributed by atoms with van der Waals surface area (Å²) in [6.45, 7) is 0.510. The van der Waals surface area contributed by atoms with Crippen molar-refractivity contribution in [3.8, 4) is 0 Å². The molecule has 0 bridgehead atoms. The minimum absolute atomic E-state index is 0.105. The monoisotopic (exact) mass is 245 g/mol. The first-order valence-corrected chi connectivity index (χ1v) is 5.54. The average Bonchev–Trinajstić information content (AvgIpc) is 2.81. The highest BCUT2D eigenvalue weighted by atomic mass is 19.4. The number of hydrogen-bond donors (Lipinski definition) is 2. The first-order valence-electron chi connectivity index (χ1n) is 5.54. The Morgan fingerprint density at radius 2 is 1.82 bits per heavy atom. The van der Waals surface area contributed by atoms with E-state index in [1.54, 1.807) is 6.07 Å². The highest BCUT2D eigenvalue weighted by Crippen LogP contribution is 2.43. The Bertz CT molecular complexity index is 373. The lowest BCUT2D eigenvalue weighted by Gasteiger charge is -2.36. The van der Waals surface area contributed by atoms with Crippen LogP contribution < -0.4 is 5.32 Å². The maximum Gasteiger partial charge on any atom is 0.423 e. The van der Waals surface area contributed by atoms with Crippen LogP contribution in [0.3, 0.4) is 0 Å². The van der Waals surface area contributed by atoms with Gasteiger partial charge in [-0.1, -0.05) is 30.3 Å². The molecule has 2 atom stereocenters. The molecule has 1 aliphatic rings. The van der Waals surface area contributed by atoms with Crippen molar-refractivity contribution in [1.29, 1.82) is 0 Å². The lowest BCUT2D eigenvalue weighted by atomic mass is 9.85. The number of rotatable bonds is 2. The third kappa shape index (κ3) is 2.05. The molecule has 1 fully saturated rings. The minimum atomic E-state index is -4.68. The van der Waals surface area contributed by atoms with Crippen LogP contribution in [0, 0.1) is 0 Å². The number of alkyl halides is 3. The fraction of sp³-hybridized carbons (Fsp3) is 0.500. The van der Waals surface area contributed by atoms with E-state index in [9.17, 15) is 18.3 Å². The maximum absolute atomic E-state index is 13.2. The van der Waals surface area contributed by atoms with Gasteiger partial charge in [-0.2, -0.15) is 13.2 Å². The number of aliphatic hydroxyl groups is 1. The summed E-state index contributed by atoms with van der Waals surface area (Å²) in [6.07, 6.45) is -3.71. The fourth-order valence-electron chi connectivity index (χ4n) is 2.30. The molecule has 0 amide bonds. The number of halogens is 3. The Labute approximate surface area is 97.5 Å². The average molecular weight is 245 g/mol. The molecule has 1 aromatic rings. The molecule has 5 heteroatoms. The molecule has 2 rings (SSSR count). The summed E-state index contributed by atoms with van der Waals surface area (Å²) in [6, 6.07) is 6.29. The van der Waals surface area contributed by atoms with Crippen molar-refractivity contribution in [2.75, 3.05) is 6.54 Å². The summed E-state index contributed by atoms with van der Waals surface area (Å²) in [5.41, 5.74) is -2.91. The topological polar surface area (TPSA) is 32.3 Å². The van der Waals surface area contributed by atoms with Gasteiger partial charge in [-0.3, -0.25) is 0 Å². The van der Waals surface area contributed by atoms with Gasteiger partial charge in [0.15, 0.2) is 0 Å². The van der Waals surface area contributed by atoms with Crippen molar-refractivity contribution in [3.05, 3.63) is 35.9 Å². The van der Waals surface area contributed by atoms with Crippen LogP contribution in [0.4, 0.5) is 13.2 Å². The molecule has 0 aromatic heterocycles. The van der Waals surface area contributed by atoms with Crippen molar-refractivity contribution >= 4 is 0 Å². The van der Waals surface area contributed by atoms with Crippen molar-refractivity contribution in [2.24, 2.45) is 0 Å². The van der Waals surface area contributed by atoms with Crippen molar-refractivity contribution in [1.82, 2.24) is 5.32 Å². The Morgan fingerprint density at radius 1 is 1.18 bits per heavy atom. The second-order valence-corrected chi connectivity index (χ2v) is 4.28. The molecule has 1 saturated heterocycles. The Morgan fingerprint density at radius 3 is 2.29 bits per heavy atom. The Hall–Kier alpha value is -1.07. The van der Waals surface area contributed by atoms with E-state index < -0.39 is 17.8 Å². The summed E-state index contributed by atoms with van der Waals surface area (Å²) in [5, 5.41) is 12.9. The predicted octanol–water partition coefficient (Wildman–Crippen LogP) is 2.19. The van der Waals surface area contributed by atoms with Crippen LogP contribution in [0.15, 0.2) is 30.3 Å². The summed E-state index contributed by atoms with van der Waals surface area (Å²) < 4.78 is 39.5. The molecule has 0 saturated carbocycles. The van der Waals surface area contributed by atoms with Crippen LogP contribution in [0.25, 0.3) is 0 Å². The molecule has 1 aromatic carbocycles. The quantitative estimate of drug-likeness (QED) is 0.837. The zero-order chi connectivity index (χ0) is 12.5. The summed E-state index contributed by atoms with van der Waals surface area (Å²) >= 11 is 0. The predicted molar refractivity (Wildman–Crippen MR) is 57.4 cm³/mol. The van der Waals surface area contributed by atoms with E-state index in [0.717, 1.165) is 0 Å². The zero-order valence-electron chi connectivity index (χ0n) is 9.17. The Kier molecular flexibility index (Phi) is 3.14. The highest BCUT2D eigenvalue weighted by molar-refractivity contribution is 5.27. The first kappa shape index (κ1) is 12.4. The van der Waals surface area contributed by atoms with E-state index in [-0.39, 0.29) is 5.56 Å². The lowest BCUT2D eigenvalue weighted by Crippen LogP contribution is -2.55. The van der Waals surface area contributed by atoms with Gasteiger partial charge in [0.1, 0.15) is 0 Å². The smallest absolute Gasteiger partial charge is 0.375 e. The molecular formula is C12H14F3NO. The maximum atomic E-state index is 13.2. The van der Waals surface area contributed by atoms with Crippen molar-refractivity contribution in [2.45, 2.75) is 30.7 Å². The van der Waals surface area contributed by atoms with E-state index in [4.69, 9.17) is 0 Å². The number of hydrogen-bond acceptors (Lipinski definition) is 2. The van der Waals surface area contributed by atoms with Crippen LogP contribution in [0.1, 0.15) is 18.4 Å². The fourth-order valence-corrected chi connectivity index (χ4v) is 2.30. The molecule has 0 aliphatic carbocycles. The van der Waals surface area contributed by atoms with Gasteiger partial charge in [-0.25, -0.2) is 0 Å². The number of benzene rings is 1. The Balaban J connectivity index is 2.44. The van der Waals surface area contributed by atoms with Gasteiger partial charge in [0.25, 0.3) is 0 Å². The molecular weight excluding hydrogens is 231 g/mol. The molecule has 1 aliphatic heterocycles. The molecule has 0 spiro atoms. The van der Waals surface area contributed by atoms with Gasteiger partial charge in [0.2, 0.25) is 5.60 Å². The molecule has 0 radical (unpaired) electrons. The van der Waals surface area contributed by atoms with Crippen LogP contribution in [0.2, 0.25) is 0 Å². The van der Waals surface area contributed by atoms with Gasteiger partial charge in [-0.05, 0) is 24.9 Å². The second kappa shape index (κ2) is 4.31. The van der Waals surface area contributed by atoms with Crippen LogP contribution in [-0.4, -0.2) is 23.9 Å². The van der Waals surface area contributed by atoms with Gasteiger partial charge in [0.05, 0.1) is 0 Å². The second-order valence-electron chi connectivity index (χ2n) is 4.28. The van der Waals surface area contributed by atoms with Crippen LogP contribution >= 0.6 is 0 Å². The lowest BCUT2D eigenvalue weighted by molar-refractivity contribution is -0.276. The minimum Gasteiger partial charge on any atom is -0.375 e. The van der Waals surface area contributed by atoms with Gasteiger partial charge >= 0.3 is 6.18 Å². The van der Waals surface area contributed by atoms with E-state index in [2.05, 4.69) is 5.32 Å². The van der Waals surface area contributed by atoms with E-state index in [0.29, 0.717) is 19.4 Å². The zero-order valence-corrected chi connectivity index (χ0v) is 9.17. The summed E-state index contributed by atoms with van der Waals surface area (Å²) in [5.74, 6) is 0. The third-order valence-corrected chi connectivity index (χ3v) is 3.21. The number of nitrogens with one attached hydrogen (secondary N) is 1. The van der Waals surface area contributed by atoms with Crippen LogP contribution in [-0.2, 0) is 5.60 Å². The molecule has 1 heterocycles. The first-order chi connectivity index (χ1) is 7.96. The third-order valence-electron chi connectivity index (χ3n) is 3.21. The van der Waals surface area contributed by atoms with E-state index in [1.807, 2.05) is 0 Å². The molecule has 94 valence electrons. The SMILES string of the molecule is OC(c1ccccc1)([C@@H]1CCCN1)C(F)(F)F. The highest BCUT2D eigenvalue weighted by Gasteiger charge is 2.59.